The summed E-state index contributed by atoms with van der Waals surface area (Å²) in [5.41, 5.74) is 0.799. The van der Waals surface area contributed by atoms with Gasteiger partial charge in [0.1, 0.15) is 17.4 Å². The highest BCUT2D eigenvalue weighted by Crippen LogP contribution is 2.49. The molecule has 0 radical (unpaired) electrons. The van der Waals surface area contributed by atoms with E-state index in [0.29, 0.717) is 0 Å². The molecule has 1 nitrogen and oxygen atoms in total. The van der Waals surface area contributed by atoms with Crippen molar-refractivity contribution in [2.75, 3.05) is 0 Å². The molecule has 0 atom stereocenters. The van der Waals surface area contributed by atoms with Crippen LogP contribution >= 0.6 is 0 Å². The van der Waals surface area contributed by atoms with Crippen LogP contribution in [0.1, 0.15) is 24.0 Å². The first-order valence-electron chi connectivity index (χ1n) is 6.65. The summed E-state index contributed by atoms with van der Waals surface area (Å²) in [6, 6.07) is 13.0. The van der Waals surface area contributed by atoms with Crippen molar-refractivity contribution >= 4 is 5.78 Å². The first-order valence-corrected chi connectivity index (χ1v) is 6.65. The second kappa shape index (κ2) is 4.82. The number of benzene rings is 2. The van der Waals surface area contributed by atoms with E-state index in [1.54, 1.807) is 0 Å². The van der Waals surface area contributed by atoms with E-state index in [4.69, 9.17) is 0 Å². The molecule has 2 aromatic carbocycles. The van der Waals surface area contributed by atoms with Crippen molar-refractivity contribution in [3.05, 3.63) is 71.3 Å². The van der Waals surface area contributed by atoms with Crippen LogP contribution in [0.3, 0.4) is 0 Å². The molecule has 0 aliphatic heterocycles. The highest BCUT2D eigenvalue weighted by Gasteiger charge is 2.50. The monoisotopic (exact) mass is 272 g/mol. The fraction of sp³-hybridized carbons (Fsp3) is 0.235. The standard InChI is InChI=1S/C17H14F2O/c18-14-7-6-12(15(19)11-14)10-16(20)17(8-9-17)13-4-2-1-3-5-13/h1-7,11H,8-10H2. The van der Waals surface area contributed by atoms with Gasteiger partial charge in [0.25, 0.3) is 0 Å². The van der Waals surface area contributed by atoms with Crippen LogP contribution in [0.15, 0.2) is 48.5 Å². The van der Waals surface area contributed by atoms with E-state index >= 15 is 0 Å². The smallest absolute Gasteiger partial charge is 0.147 e. The molecule has 3 heteroatoms. The first-order chi connectivity index (χ1) is 9.62. The van der Waals surface area contributed by atoms with Crippen LogP contribution in [-0.4, -0.2) is 5.78 Å². The van der Waals surface area contributed by atoms with Crippen molar-refractivity contribution < 1.29 is 13.6 Å². The molecule has 102 valence electrons. The van der Waals surface area contributed by atoms with Crippen LogP contribution in [-0.2, 0) is 16.6 Å². The molecule has 0 bridgehead atoms. The minimum Gasteiger partial charge on any atom is -0.298 e. The molecule has 1 aliphatic rings. The highest BCUT2D eigenvalue weighted by molar-refractivity contribution is 5.94. The van der Waals surface area contributed by atoms with Crippen LogP contribution in [0.5, 0.6) is 0 Å². The fourth-order valence-electron chi connectivity index (χ4n) is 2.62. The molecule has 1 aliphatic carbocycles. The van der Waals surface area contributed by atoms with Crippen molar-refractivity contribution in [2.45, 2.75) is 24.7 Å². The molecule has 0 N–H and O–H groups in total. The molecule has 0 unspecified atom stereocenters. The summed E-state index contributed by atoms with van der Waals surface area (Å²) in [4.78, 5) is 12.5. The van der Waals surface area contributed by atoms with Crippen molar-refractivity contribution in [1.29, 1.82) is 0 Å². The summed E-state index contributed by atoms with van der Waals surface area (Å²) < 4.78 is 26.5. The molecule has 0 saturated heterocycles. The summed E-state index contributed by atoms with van der Waals surface area (Å²) in [5, 5.41) is 0. The van der Waals surface area contributed by atoms with Crippen LogP contribution in [0.2, 0.25) is 0 Å². The van der Waals surface area contributed by atoms with Gasteiger partial charge in [0.05, 0.1) is 5.41 Å². The van der Waals surface area contributed by atoms with Crippen LogP contribution in [0, 0.1) is 11.6 Å². The molecule has 1 saturated carbocycles. The Morgan fingerprint density at radius 2 is 1.75 bits per heavy atom. The Balaban J connectivity index is 1.83. The van der Waals surface area contributed by atoms with Gasteiger partial charge in [-0.2, -0.15) is 0 Å². The summed E-state index contributed by atoms with van der Waals surface area (Å²) >= 11 is 0. The lowest BCUT2D eigenvalue weighted by Crippen LogP contribution is -2.22. The molecule has 0 aromatic heterocycles. The number of rotatable bonds is 4. The molecule has 0 heterocycles. The predicted molar refractivity (Wildman–Crippen MR) is 72.4 cm³/mol. The number of halogens is 2. The Morgan fingerprint density at radius 1 is 1.05 bits per heavy atom. The lowest BCUT2D eigenvalue weighted by atomic mass is 9.88. The van der Waals surface area contributed by atoms with Gasteiger partial charge in [-0.05, 0) is 30.0 Å². The zero-order chi connectivity index (χ0) is 14.2. The van der Waals surface area contributed by atoms with Crippen molar-refractivity contribution in [3.8, 4) is 0 Å². The van der Waals surface area contributed by atoms with Crippen molar-refractivity contribution in [3.63, 3.8) is 0 Å². The maximum absolute atomic E-state index is 13.6. The second-order valence-electron chi connectivity index (χ2n) is 5.28. The SMILES string of the molecule is O=C(Cc1ccc(F)cc1F)C1(c2ccccc2)CC1. The van der Waals surface area contributed by atoms with Gasteiger partial charge in [0, 0.05) is 12.5 Å². The van der Waals surface area contributed by atoms with Gasteiger partial charge in [-0.3, -0.25) is 4.79 Å². The van der Waals surface area contributed by atoms with Crippen molar-refractivity contribution in [2.24, 2.45) is 0 Å². The largest absolute Gasteiger partial charge is 0.298 e. The maximum Gasteiger partial charge on any atom is 0.147 e. The number of ketones is 1. The number of hydrogen-bond acceptors (Lipinski definition) is 1. The third kappa shape index (κ3) is 2.24. The summed E-state index contributed by atoms with van der Waals surface area (Å²) in [5.74, 6) is -1.26. The number of Topliss-reactive ketones (excluding diaryl/α,β-unsaturated/α-hetero) is 1. The molecule has 20 heavy (non-hydrogen) atoms. The van der Waals surface area contributed by atoms with E-state index < -0.39 is 17.0 Å². The molecule has 0 spiro atoms. The Bertz CT molecular complexity index is 645. The Labute approximate surface area is 116 Å². The van der Waals surface area contributed by atoms with Gasteiger partial charge >= 0.3 is 0 Å². The van der Waals surface area contributed by atoms with E-state index in [2.05, 4.69) is 0 Å². The van der Waals surface area contributed by atoms with E-state index in [9.17, 15) is 13.6 Å². The van der Waals surface area contributed by atoms with Gasteiger partial charge < -0.3 is 0 Å². The van der Waals surface area contributed by atoms with Crippen LogP contribution in [0.25, 0.3) is 0 Å². The van der Waals surface area contributed by atoms with E-state index in [0.717, 1.165) is 24.5 Å². The van der Waals surface area contributed by atoms with Crippen molar-refractivity contribution in [1.82, 2.24) is 0 Å². The number of hydrogen-bond donors (Lipinski definition) is 0. The molecule has 1 fully saturated rings. The van der Waals surface area contributed by atoms with E-state index in [-0.39, 0.29) is 17.8 Å². The minimum atomic E-state index is -0.651. The maximum atomic E-state index is 13.6. The summed E-state index contributed by atoms with van der Waals surface area (Å²) in [7, 11) is 0. The number of carbonyl (C=O) groups excluding carboxylic acids is 1. The zero-order valence-corrected chi connectivity index (χ0v) is 10.9. The van der Waals surface area contributed by atoms with Gasteiger partial charge in [-0.15, -0.1) is 0 Å². The van der Waals surface area contributed by atoms with E-state index in [1.165, 1.54) is 12.1 Å². The molecule has 3 rings (SSSR count). The average Bonchev–Trinajstić information content (AvgIpc) is 3.24. The van der Waals surface area contributed by atoms with Crippen LogP contribution < -0.4 is 0 Å². The number of carbonyl (C=O) groups is 1. The second-order valence-corrected chi connectivity index (χ2v) is 5.28. The lowest BCUT2D eigenvalue weighted by Gasteiger charge is -2.14. The Kier molecular flexibility index (Phi) is 3.13. The predicted octanol–water partition coefficient (Wildman–Crippen LogP) is 3.81. The van der Waals surface area contributed by atoms with E-state index in [1.807, 2.05) is 30.3 Å². The highest BCUT2D eigenvalue weighted by atomic mass is 19.1. The zero-order valence-electron chi connectivity index (χ0n) is 10.9. The summed E-state index contributed by atoms with van der Waals surface area (Å²) in [6.07, 6.45) is 1.62. The Morgan fingerprint density at radius 3 is 2.35 bits per heavy atom. The Hall–Kier alpha value is -2.03. The van der Waals surface area contributed by atoms with Gasteiger partial charge in [-0.1, -0.05) is 36.4 Å². The third-order valence-electron chi connectivity index (χ3n) is 3.98. The summed E-state index contributed by atoms with van der Waals surface area (Å²) in [6.45, 7) is 0. The normalized spacial score (nSPS) is 15.9. The van der Waals surface area contributed by atoms with Gasteiger partial charge in [0.2, 0.25) is 0 Å². The fourth-order valence-corrected chi connectivity index (χ4v) is 2.62. The quantitative estimate of drug-likeness (QED) is 0.827. The third-order valence-corrected chi connectivity index (χ3v) is 3.98. The minimum absolute atomic E-state index is 0.00853. The molecular weight excluding hydrogens is 258 g/mol. The topological polar surface area (TPSA) is 17.1 Å². The molecule has 2 aromatic rings. The molecule has 0 amide bonds. The average molecular weight is 272 g/mol. The lowest BCUT2D eigenvalue weighted by molar-refractivity contribution is -0.120. The molecular formula is C17H14F2O. The van der Waals surface area contributed by atoms with Crippen LogP contribution in [0.4, 0.5) is 8.78 Å². The first kappa shape index (κ1) is 13.0. The van der Waals surface area contributed by atoms with Gasteiger partial charge in [0.15, 0.2) is 0 Å². The van der Waals surface area contributed by atoms with Gasteiger partial charge in [-0.25, -0.2) is 8.78 Å².